The maximum atomic E-state index is 14.3. The average molecular weight is 581 g/mol. The van der Waals surface area contributed by atoms with Crippen molar-refractivity contribution in [2.45, 2.75) is 44.4 Å². The smallest absolute Gasteiger partial charge is 0.352 e. The number of halogens is 3. The quantitative estimate of drug-likeness (QED) is 0.226. The molecule has 0 unspecified atom stereocenters. The highest BCUT2D eigenvalue weighted by atomic mass is 19.4. The van der Waals surface area contributed by atoms with Gasteiger partial charge < -0.3 is 15.1 Å². The molecule has 2 fully saturated rings. The molecule has 222 valence electrons. The number of likely N-dealkylation sites (tertiary alicyclic amines) is 1. The molecule has 0 atom stereocenters. The molecule has 2 aromatic carbocycles. The van der Waals surface area contributed by atoms with E-state index < -0.39 is 23.1 Å². The van der Waals surface area contributed by atoms with E-state index in [-0.39, 0.29) is 41.9 Å². The molecule has 3 aliphatic rings. The molecule has 0 radical (unpaired) electrons. The fourth-order valence-corrected chi connectivity index (χ4v) is 6.60. The molecular formula is C31H35F3N6O2. The van der Waals surface area contributed by atoms with Crippen LogP contribution in [0, 0.1) is 22.7 Å². The highest BCUT2D eigenvalue weighted by Crippen LogP contribution is 2.50. The van der Waals surface area contributed by atoms with Gasteiger partial charge in [-0.2, -0.15) is 13.2 Å². The molecule has 8 nitrogen and oxygen atoms in total. The van der Waals surface area contributed by atoms with Crippen LogP contribution in [0.1, 0.15) is 52.4 Å². The van der Waals surface area contributed by atoms with Crippen molar-refractivity contribution in [2.75, 3.05) is 31.6 Å². The lowest BCUT2D eigenvalue weighted by Gasteiger charge is -2.48. The zero-order chi connectivity index (χ0) is 30.4. The number of amidine groups is 1. The van der Waals surface area contributed by atoms with Crippen LogP contribution < -0.4 is 10.2 Å². The largest absolute Gasteiger partial charge is 0.416 e. The maximum absolute atomic E-state index is 14.3. The van der Waals surface area contributed by atoms with Crippen molar-refractivity contribution in [3.63, 3.8) is 0 Å². The van der Waals surface area contributed by atoms with Crippen LogP contribution in [0.15, 0.2) is 49.1 Å². The first kappa shape index (κ1) is 29.5. The molecule has 1 saturated heterocycles. The number of carbonyl (C=O) groups is 2. The Hall–Kier alpha value is -3.99. The van der Waals surface area contributed by atoms with Crippen LogP contribution in [0.4, 0.5) is 18.9 Å². The van der Waals surface area contributed by atoms with Crippen LogP contribution in [-0.2, 0) is 29.5 Å². The normalized spacial score (nSPS) is 22.2. The molecule has 2 heterocycles. The Morgan fingerprint density at radius 3 is 2.57 bits per heavy atom. The molecule has 0 aromatic heterocycles. The van der Waals surface area contributed by atoms with Crippen LogP contribution >= 0.6 is 0 Å². The summed E-state index contributed by atoms with van der Waals surface area (Å²) >= 11 is 0. The van der Waals surface area contributed by atoms with Crippen LogP contribution in [0.3, 0.4) is 0 Å². The van der Waals surface area contributed by atoms with Crippen LogP contribution in [-0.4, -0.2) is 60.5 Å². The van der Waals surface area contributed by atoms with Crippen molar-refractivity contribution in [1.29, 1.82) is 10.8 Å². The summed E-state index contributed by atoms with van der Waals surface area (Å²) in [4.78, 5) is 29.9. The molecule has 1 aliphatic carbocycles. The number of carbonyl (C=O) groups excluding carboxylic acids is 2. The number of benzene rings is 2. The van der Waals surface area contributed by atoms with E-state index in [4.69, 9.17) is 10.8 Å². The Kier molecular flexibility index (Phi) is 7.74. The topological polar surface area (TPSA) is 104 Å². The fraction of sp³-hybridized carbons (Fsp3) is 0.419. The minimum atomic E-state index is -4.62. The molecular weight excluding hydrogens is 545 g/mol. The number of anilines is 1. The Labute approximate surface area is 243 Å². The molecule has 11 heteroatoms. The summed E-state index contributed by atoms with van der Waals surface area (Å²) in [5, 5.41) is 19.1. The predicted octanol–water partition coefficient (Wildman–Crippen LogP) is 4.78. The molecule has 1 saturated carbocycles. The number of nitrogens with zero attached hydrogens (tertiary/aromatic N) is 3. The summed E-state index contributed by atoms with van der Waals surface area (Å²) in [6.07, 6.45) is -0.912. The minimum absolute atomic E-state index is 0.0291. The van der Waals surface area contributed by atoms with Gasteiger partial charge in [-0.3, -0.25) is 25.3 Å². The predicted molar refractivity (Wildman–Crippen MR) is 155 cm³/mol. The molecule has 3 N–H and O–H groups in total. The number of nitrogens with one attached hydrogen (secondary N) is 3. The van der Waals surface area contributed by atoms with Crippen LogP contribution in [0.5, 0.6) is 0 Å². The standard InChI is InChI=1S/C31H35F3N6O2/c1-4-27(41)37-13-21-15-39(16-21)14-20-8-24-25(26(9-20)31(32,33)34)17-40(28(24)42)23-7-5-6-22(10-23)30(11-19(2)12-30)29(36)38(3)18-35/h4-10,18-19,21,35-36H,1,11-17H2,2-3H3,(H,37,41). The molecule has 2 aliphatic heterocycles. The highest BCUT2D eigenvalue weighted by molar-refractivity contribution is 6.10. The zero-order valence-electron chi connectivity index (χ0n) is 23.7. The summed E-state index contributed by atoms with van der Waals surface area (Å²) in [5.74, 6) is 0.128. The van der Waals surface area contributed by atoms with Gasteiger partial charge in [-0.25, -0.2) is 0 Å². The number of hydrogen-bond donors (Lipinski definition) is 3. The number of alkyl halides is 3. The second-order valence-corrected chi connectivity index (χ2v) is 11.8. The number of likely N-dealkylation sites (N-methyl/N-ethyl adjacent to an activating group) is 1. The number of rotatable bonds is 9. The first-order valence-corrected chi connectivity index (χ1v) is 14.0. The van der Waals surface area contributed by atoms with Gasteiger partial charge in [0.1, 0.15) is 5.84 Å². The Bertz CT molecular complexity index is 1440. The summed E-state index contributed by atoms with van der Waals surface area (Å²) in [5.41, 5.74) is 0.335. The third kappa shape index (κ3) is 5.33. The SMILES string of the molecule is C=CC(=O)NCC1CN(Cc2cc3c(c(C(F)(F)F)c2)CN(c2cccc(C4(C(=N)N(C)C=N)CC(C)C4)c2)C3=O)C1. The van der Waals surface area contributed by atoms with E-state index in [0.29, 0.717) is 49.6 Å². The van der Waals surface area contributed by atoms with Crippen molar-refractivity contribution in [1.82, 2.24) is 15.1 Å². The maximum Gasteiger partial charge on any atom is 0.416 e. The van der Waals surface area contributed by atoms with E-state index in [9.17, 15) is 22.8 Å². The van der Waals surface area contributed by atoms with E-state index in [1.54, 1.807) is 25.2 Å². The first-order valence-electron chi connectivity index (χ1n) is 14.0. The van der Waals surface area contributed by atoms with E-state index >= 15 is 0 Å². The van der Waals surface area contributed by atoms with Gasteiger partial charge in [0.25, 0.3) is 5.91 Å². The van der Waals surface area contributed by atoms with Gasteiger partial charge in [0, 0.05) is 50.4 Å². The van der Waals surface area contributed by atoms with Gasteiger partial charge in [0.05, 0.1) is 23.9 Å². The van der Waals surface area contributed by atoms with Crippen molar-refractivity contribution < 1.29 is 22.8 Å². The molecule has 2 aromatic rings. The Balaban J connectivity index is 1.39. The summed E-state index contributed by atoms with van der Waals surface area (Å²) in [6.45, 7) is 7.33. The number of hydrogen-bond acceptors (Lipinski definition) is 5. The Morgan fingerprint density at radius 2 is 1.95 bits per heavy atom. The summed E-state index contributed by atoms with van der Waals surface area (Å²) < 4.78 is 42.8. The van der Waals surface area contributed by atoms with Gasteiger partial charge >= 0.3 is 6.18 Å². The van der Waals surface area contributed by atoms with E-state index in [0.717, 1.165) is 18.0 Å². The zero-order valence-corrected chi connectivity index (χ0v) is 23.7. The lowest BCUT2D eigenvalue weighted by Crippen LogP contribution is -2.52. The Morgan fingerprint density at radius 1 is 1.24 bits per heavy atom. The third-order valence-electron chi connectivity index (χ3n) is 8.70. The van der Waals surface area contributed by atoms with Crippen molar-refractivity contribution in [3.05, 3.63) is 76.9 Å². The molecule has 2 amide bonds. The minimum Gasteiger partial charge on any atom is -0.352 e. The van der Waals surface area contributed by atoms with Crippen molar-refractivity contribution in [2.24, 2.45) is 11.8 Å². The lowest BCUT2D eigenvalue weighted by molar-refractivity contribution is -0.138. The summed E-state index contributed by atoms with van der Waals surface area (Å²) in [7, 11) is 1.65. The lowest BCUT2D eigenvalue weighted by atomic mass is 9.58. The van der Waals surface area contributed by atoms with Crippen molar-refractivity contribution >= 4 is 29.7 Å². The number of fused-ring (bicyclic) bond motifs is 1. The second-order valence-electron chi connectivity index (χ2n) is 11.8. The van der Waals surface area contributed by atoms with Gasteiger partial charge in [-0.05, 0) is 65.8 Å². The van der Waals surface area contributed by atoms with E-state index in [1.807, 2.05) is 17.0 Å². The van der Waals surface area contributed by atoms with Crippen LogP contribution in [0.2, 0.25) is 0 Å². The van der Waals surface area contributed by atoms with Gasteiger partial charge in [-0.15, -0.1) is 0 Å². The van der Waals surface area contributed by atoms with E-state index in [2.05, 4.69) is 18.8 Å². The van der Waals surface area contributed by atoms with Crippen molar-refractivity contribution in [3.8, 4) is 0 Å². The average Bonchev–Trinajstić information content (AvgIpc) is 3.26. The first-order chi connectivity index (χ1) is 19.9. The summed E-state index contributed by atoms with van der Waals surface area (Å²) in [6, 6.07) is 9.91. The monoisotopic (exact) mass is 580 g/mol. The molecule has 5 rings (SSSR count). The second kappa shape index (κ2) is 11.0. The van der Waals surface area contributed by atoms with Gasteiger partial charge in [-0.1, -0.05) is 25.6 Å². The molecule has 42 heavy (non-hydrogen) atoms. The molecule has 0 spiro atoms. The third-order valence-corrected chi connectivity index (χ3v) is 8.70. The van der Waals surface area contributed by atoms with E-state index in [1.165, 1.54) is 15.9 Å². The van der Waals surface area contributed by atoms with Gasteiger partial charge in [0.2, 0.25) is 5.91 Å². The highest BCUT2D eigenvalue weighted by Gasteiger charge is 2.49. The number of amides is 2. The molecule has 0 bridgehead atoms. The van der Waals surface area contributed by atoms with Crippen LogP contribution in [0.25, 0.3) is 0 Å². The van der Waals surface area contributed by atoms with Gasteiger partial charge in [0.15, 0.2) is 0 Å². The fourth-order valence-electron chi connectivity index (χ4n) is 6.60.